The zero-order valence-electron chi connectivity index (χ0n) is 19.7. The molecule has 35 heavy (non-hydrogen) atoms. The van der Waals surface area contributed by atoms with E-state index in [1.54, 1.807) is 30.0 Å². The number of benzene rings is 3. The van der Waals surface area contributed by atoms with Crippen LogP contribution in [0, 0.1) is 24.5 Å². The monoisotopic (exact) mass is 498 g/mol. The average Bonchev–Trinajstić information content (AvgIpc) is 2.84. The van der Waals surface area contributed by atoms with Crippen molar-refractivity contribution in [3.63, 3.8) is 0 Å². The van der Waals surface area contributed by atoms with Crippen LogP contribution in [-0.4, -0.2) is 25.6 Å². The predicted octanol–water partition coefficient (Wildman–Crippen LogP) is 6.79. The molecule has 0 saturated carbocycles. The van der Waals surface area contributed by atoms with E-state index in [4.69, 9.17) is 16.3 Å². The Kier molecular flexibility index (Phi) is 8.24. The minimum absolute atomic E-state index is 0.0558. The van der Waals surface area contributed by atoms with E-state index in [0.717, 1.165) is 18.4 Å². The van der Waals surface area contributed by atoms with Crippen molar-refractivity contribution in [1.29, 1.82) is 0 Å². The van der Waals surface area contributed by atoms with E-state index in [0.29, 0.717) is 54.6 Å². The van der Waals surface area contributed by atoms with Gasteiger partial charge in [-0.1, -0.05) is 41.9 Å². The number of hydrogen-bond donors (Lipinski definition) is 1. The van der Waals surface area contributed by atoms with Crippen LogP contribution in [0.3, 0.4) is 0 Å². The molecule has 1 fully saturated rings. The summed E-state index contributed by atoms with van der Waals surface area (Å²) < 4.78 is 34.6. The molecule has 0 aliphatic carbocycles. The van der Waals surface area contributed by atoms with E-state index in [9.17, 15) is 13.6 Å². The second-order valence-corrected chi connectivity index (χ2v) is 9.40. The summed E-state index contributed by atoms with van der Waals surface area (Å²) in [5, 5.41) is 3.31. The molecule has 4 nitrogen and oxygen atoms in total. The molecule has 1 amide bonds. The van der Waals surface area contributed by atoms with Crippen LogP contribution in [0.5, 0.6) is 5.75 Å². The maximum atomic E-state index is 14.3. The molecule has 1 N–H and O–H groups in total. The molecule has 7 heteroatoms. The number of piperidine rings is 1. The fourth-order valence-electron chi connectivity index (χ4n) is 4.34. The van der Waals surface area contributed by atoms with Gasteiger partial charge in [0.15, 0.2) is 0 Å². The summed E-state index contributed by atoms with van der Waals surface area (Å²) >= 11 is 6.28. The van der Waals surface area contributed by atoms with E-state index in [-0.39, 0.29) is 17.5 Å². The summed E-state index contributed by atoms with van der Waals surface area (Å²) in [4.78, 5) is 14.2. The summed E-state index contributed by atoms with van der Waals surface area (Å²) in [6.07, 6.45) is 2.54. The van der Waals surface area contributed by atoms with E-state index in [2.05, 4.69) is 5.32 Å². The maximum absolute atomic E-state index is 14.3. The third-order valence-corrected chi connectivity index (χ3v) is 6.60. The van der Waals surface area contributed by atoms with Crippen LogP contribution >= 0.6 is 11.6 Å². The van der Waals surface area contributed by atoms with Crippen LogP contribution in [-0.2, 0) is 11.2 Å². The van der Waals surface area contributed by atoms with Crippen LogP contribution in [0.1, 0.15) is 30.4 Å². The smallest absolute Gasteiger partial charge is 0.224 e. The van der Waals surface area contributed by atoms with Gasteiger partial charge >= 0.3 is 0 Å². The summed E-state index contributed by atoms with van der Waals surface area (Å²) in [6, 6.07) is 17.8. The van der Waals surface area contributed by atoms with Gasteiger partial charge in [0.1, 0.15) is 23.1 Å². The number of halogens is 3. The topological polar surface area (TPSA) is 41.6 Å². The lowest BCUT2D eigenvalue weighted by molar-refractivity contribution is -0.116. The summed E-state index contributed by atoms with van der Waals surface area (Å²) in [5.74, 6) is -0.266. The Labute approximate surface area is 209 Å². The lowest BCUT2D eigenvalue weighted by atomic mass is 9.97. The minimum Gasteiger partial charge on any atom is -0.493 e. The number of anilines is 2. The van der Waals surface area contributed by atoms with Crippen molar-refractivity contribution < 1.29 is 18.3 Å². The standard InChI is InChI=1S/C28H29ClF2N2O2/c1-19-15-24(30)28(25(31)16-19)33-13-11-21(12-14-33)18-35-22-8-9-23(29)26(17-22)32-27(34)10-7-20-5-3-2-4-6-20/h2-6,8-9,15-17,21H,7,10-14,18H2,1H3,(H,32,34). The van der Waals surface area contributed by atoms with Crippen LogP contribution in [0.15, 0.2) is 60.7 Å². The van der Waals surface area contributed by atoms with Crippen molar-refractivity contribution in [3.05, 3.63) is 88.4 Å². The van der Waals surface area contributed by atoms with Crippen LogP contribution in [0.2, 0.25) is 5.02 Å². The molecule has 0 spiro atoms. The molecule has 0 aromatic heterocycles. The van der Waals surface area contributed by atoms with Gasteiger partial charge in [0, 0.05) is 25.6 Å². The third kappa shape index (κ3) is 6.73. The highest BCUT2D eigenvalue weighted by Gasteiger charge is 2.24. The first kappa shape index (κ1) is 25.0. The molecule has 1 aliphatic rings. The Morgan fingerprint density at radius 3 is 2.43 bits per heavy atom. The molecule has 0 atom stereocenters. The van der Waals surface area contributed by atoms with Crippen molar-refractivity contribution in [3.8, 4) is 5.75 Å². The Bertz CT molecular complexity index is 1140. The number of nitrogens with zero attached hydrogens (tertiary/aromatic N) is 1. The van der Waals surface area contributed by atoms with E-state index >= 15 is 0 Å². The van der Waals surface area contributed by atoms with Crippen molar-refractivity contribution in [1.82, 2.24) is 0 Å². The number of aryl methyl sites for hydroxylation is 2. The molecule has 3 aromatic carbocycles. The van der Waals surface area contributed by atoms with Crippen molar-refractivity contribution in [2.45, 2.75) is 32.6 Å². The number of carbonyl (C=O) groups is 1. The summed E-state index contributed by atoms with van der Waals surface area (Å²) in [6.45, 7) is 3.29. The molecule has 0 bridgehead atoms. The zero-order chi connectivity index (χ0) is 24.8. The van der Waals surface area contributed by atoms with Gasteiger partial charge in [-0.15, -0.1) is 0 Å². The fourth-order valence-corrected chi connectivity index (χ4v) is 4.50. The lowest BCUT2D eigenvalue weighted by Gasteiger charge is -2.34. The number of carbonyl (C=O) groups excluding carboxylic acids is 1. The highest BCUT2D eigenvalue weighted by molar-refractivity contribution is 6.33. The lowest BCUT2D eigenvalue weighted by Crippen LogP contribution is -2.36. The van der Waals surface area contributed by atoms with Gasteiger partial charge in [-0.25, -0.2) is 8.78 Å². The third-order valence-electron chi connectivity index (χ3n) is 6.27. The first-order valence-corrected chi connectivity index (χ1v) is 12.2. The Balaban J connectivity index is 1.27. The van der Waals surface area contributed by atoms with Crippen molar-refractivity contribution in [2.24, 2.45) is 5.92 Å². The molecule has 1 heterocycles. The molecular formula is C28H29ClF2N2O2. The maximum Gasteiger partial charge on any atom is 0.224 e. The molecule has 1 aliphatic heterocycles. The quantitative estimate of drug-likeness (QED) is 0.371. The van der Waals surface area contributed by atoms with Gasteiger partial charge in [-0.2, -0.15) is 0 Å². The van der Waals surface area contributed by atoms with Gasteiger partial charge in [0.2, 0.25) is 5.91 Å². The van der Waals surface area contributed by atoms with Gasteiger partial charge in [0.05, 0.1) is 17.3 Å². The summed E-state index contributed by atoms with van der Waals surface area (Å²) in [5.41, 5.74) is 2.24. The number of nitrogens with one attached hydrogen (secondary N) is 1. The van der Waals surface area contributed by atoms with E-state index in [1.807, 2.05) is 30.3 Å². The second kappa shape index (κ2) is 11.5. The molecule has 0 unspecified atom stereocenters. The molecule has 184 valence electrons. The fraction of sp³-hybridized carbons (Fsp3) is 0.321. The predicted molar refractivity (Wildman–Crippen MR) is 136 cm³/mol. The number of hydrogen-bond acceptors (Lipinski definition) is 3. The Hall–Kier alpha value is -3.12. The average molecular weight is 499 g/mol. The van der Waals surface area contributed by atoms with Gasteiger partial charge in [0.25, 0.3) is 0 Å². The number of amides is 1. The molecule has 3 aromatic rings. The first-order valence-electron chi connectivity index (χ1n) is 11.9. The zero-order valence-corrected chi connectivity index (χ0v) is 20.5. The van der Waals surface area contributed by atoms with Crippen molar-refractivity contribution in [2.75, 3.05) is 29.9 Å². The number of rotatable bonds is 8. The first-order chi connectivity index (χ1) is 16.9. The summed E-state index contributed by atoms with van der Waals surface area (Å²) in [7, 11) is 0. The molecule has 0 radical (unpaired) electrons. The minimum atomic E-state index is -0.517. The normalized spacial score (nSPS) is 14.1. The number of ether oxygens (including phenoxy) is 1. The van der Waals surface area contributed by atoms with Crippen LogP contribution in [0.4, 0.5) is 20.2 Å². The van der Waals surface area contributed by atoms with Gasteiger partial charge < -0.3 is 15.0 Å². The molecule has 4 rings (SSSR count). The van der Waals surface area contributed by atoms with Crippen LogP contribution < -0.4 is 15.0 Å². The highest BCUT2D eigenvalue weighted by atomic mass is 35.5. The second-order valence-electron chi connectivity index (χ2n) is 8.99. The van der Waals surface area contributed by atoms with E-state index < -0.39 is 11.6 Å². The molecular weight excluding hydrogens is 470 g/mol. The Morgan fingerprint density at radius 2 is 1.74 bits per heavy atom. The van der Waals surface area contributed by atoms with E-state index in [1.165, 1.54) is 12.1 Å². The largest absolute Gasteiger partial charge is 0.493 e. The molecule has 1 saturated heterocycles. The van der Waals surface area contributed by atoms with Crippen LogP contribution in [0.25, 0.3) is 0 Å². The van der Waals surface area contributed by atoms with Gasteiger partial charge in [-0.3, -0.25) is 4.79 Å². The van der Waals surface area contributed by atoms with Gasteiger partial charge in [-0.05, 0) is 67.5 Å². The SMILES string of the molecule is Cc1cc(F)c(N2CCC(COc3ccc(Cl)c(NC(=O)CCc4ccccc4)c3)CC2)c(F)c1. The highest BCUT2D eigenvalue weighted by Crippen LogP contribution is 2.31. The van der Waals surface area contributed by atoms with Crippen molar-refractivity contribution >= 4 is 28.9 Å². The Morgan fingerprint density at radius 1 is 1.06 bits per heavy atom.